The van der Waals surface area contributed by atoms with Crippen LogP contribution in [0.5, 0.6) is 5.75 Å². The molecule has 3 aromatic rings. The average Bonchev–Trinajstić information content (AvgIpc) is 3.29. The number of benzene rings is 2. The van der Waals surface area contributed by atoms with E-state index < -0.39 is 0 Å². The summed E-state index contributed by atoms with van der Waals surface area (Å²) in [5.41, 5.74) is 2.05. The van der Waals surface area contributed by atoms with Crippen molar-refractivity contribution in [1.82, 2.24) is 25.8 Å². The van der Waals surface area contributed by atoms with Crippen molar-refractivity contribution in [2.75, 3.05) is 13.6 Å². The second-order valence-corrected chi connectivity index (χ2v) is 6.42. The molecule has 1 aromatic heterocycles. The van der Waals surface area contributed by atoms with E-state index in [1.807, 2.05) is 31.2 Å². The molecule has 0 aliphatic carbocycles. The third kappa shape index (κ3) is 5.78. The van der Waals surface area contributed by atoms with Gasteiger partial charge in [-0.2, -0.15) is 5.10 Å². The molecule has 0 saturated carbocycles. The molecule has 1 atom stereocenters. The van der Waals surface area contributed by atoms with Crippen LogP contribution in [0.1, 0.15) is 18.9 Å². The minimum absolute atomic E-state index is 0.180. The number of ether oxygens (including phenoxy) is 1. The van der Waals surface area contributed by atoms with Gasteiger partial charge in [-0.15, -0.1) is 0 Å². The van der Waals surface area contributed by atoms with Crippen LogP contribution in [0.3, 0.4) is 0 Å². The molecule has 0 aliphatic rings. The van der Waals surface area contributed by atoms with Crippen LogP contribution < -0.4 is 15.4 Å². The van der Waals surface area contributed by atoms with E-state index in [1.165, 1.54) is 12.4 Å². The lowest BCUT2D eigenvalue weighted by Crippen LogP contribution is -2.42. The summed E-state index contributed by atoms with van der Waals surface area (Å²) in [5.74, 6) is 1.27. The van der Waals surface area contributed by atoms with Crippen LogP contribution in [0, 0.1) is 5.82 Å². The topological polar surface area (TPSA) is 87.2 Å². The quantitative estimate of drug-likeness (QED) is 0.402. The monoisotopic (exact) mass is 396 g/mol. The van der Waals surface area contributed by atoms with Crippen molar-refractivity contribution in [3.63, 3.8) is 0 Å². The first-order chi connectivity index (χ1) is 14.2. The molecule has 0 fully saturated rings. The minimum atomic E-state index is -0.361. The van der Waals surface area contributed by atoms with E-state index in [0.717, 1.165) is 23.4 Å². The molecule has 8 heteroatoms. The molecular weight excluding hydrogens is 371 g/mol. The lowest BCUT2D eigenvalue weighted by Gasteiger charge is -2.20. The number of nitrogens with one attached hydrogen (secondary N) is 3. The zero-order valence-corrected chi connectivity index (χ0v) is 16.5. The Labute approximate surface area is 169 Å². The van der Waals surface area contributed by atoms with Crippen molar-refractivity contribution in [3.05, 3.63) is 66.2 Å². The second kappa shape index (κ2) is 10.2. The Morgan fingerprint density at radius 2 is 2.07 bits per heavy atom. The number of halogens is 1. The molecule has 0 spiro atoms. The standard InChI is InChI=1S/C21H25FN6O/c1-3-17(29-19-10-5-4-9-18(19)22)13-25-21(23-2)24-12-15-7-6-8-16(11-15)20-26-14-27-28-20/h4-11,14,17H,3,12-13H2,1-2H3,(H2,23,24,25)(H,26,27,28). The van der Waals surface area contributed by atoms with E-state index in [4.69, 9.17) is 4.74 Å². The first-order valence-corrected chi connectivity index (χ1v) is 9.50. The van der Waals surface area contributed by atoms with Gasteiger partial charge in [-0.1, -0.05) is 37.3 Å². The van der Waals surface area contributed by atoms with Crippen molar-refractivity contribution in [1.29, 1.82) is 0 Å². The fraction of sp³-hybridized carbons (Fsp3) is 0.286. The first-order valence-electron chi connectivity index (χ1n) is 9.50. The lowest BCUT2D eigenvalue weighted by molar-refractivity contribution is 0.191. The Kier molecular flexibility index (Phi) is 7.16. The second-order valence-electron chi connectivity index (χ2n) is 6.42. The highest BCUT2D eigenvalue weighted by Crippen LogP contribution is 2.18. The summed E-state index contributed by atoms with van der Waals surface area (Å²) in [5, 5.41) is 13.3. The molecule has 3 N–H and O–H groups in total. The predicted octanol–water partition coefficient (Wildman–Crippen LogP) is 3.13. The van der Waals surface area contributed by atoms with Crippen molar-refractivity contribution >= 4 is 5.96 Å². The van der Waals surface area contributed by atoms with Gasteiger partial charge in [-0.25, -0.2) is 9.37 Å². The maximum atomic E-state index is 13.8. The Bertz CT molecular complexity index is 928. The molecule has 29 heavy (non-hydrogen) atoms. The zero-order valence-electron chi connectivity index (χ0n) is 16.5. The molecule has 0 saturated heterocycles. The summed E-state index contributed by atoms with van der Waals surface area (Å²) in [6, 6.07) is 14.4. The number of para-hydroxylation sites is 1. The van der Waals surface area contributed by atoms with Crippen LogP contribution in [0.25, 0.3) is 11.4 Å². The summed E-state index contributed by atoms with van der Waals surface area (Å²) < 4.78 is 19.6. The summed E-state index contributed by atoms with van der Waals surface area (Å²) in [6.45, 7) is 3.09. The average molecular weight is 396 g/mol. The van der Waals surface area contributed by atoms with E-state index in [0.29, 0.717) is 19.0 Å². The summed E-state index contributed by atoms with van der Waals surface area (Å²) in [6.07, 6.45) is 2.04. The summed E-state index contributed by atoms with van der Waals surface area (Å²) in [7, 11) is 1.71. The maximum Gasteiger partial charge on any atom is 0.191 e. The molecule has 3 rings (SSSR count). The van der Waals surface area contributed by atoms with Gasteiger partial charge >= 0.3 is 0 Å². The SMILES string of the molecule is CCC(CNC(=NC)NCc1cccc(-c2ncn[nH]2)c1)Oc1ccccc1F. The lowest BCUT2D eigenvalue weighted by atomic mass is 10.1. The minimum Gasteiger partial charge on any atom is -0.486 e. The largest absolute Gasteiger partial charge is 0.486 e. The number of H-pyrrole nitrogens is 1. The highest BCUT2D eigenvalue weighted by atomic mass is 19.1. The molecule has 2 aromatic carbocycles. The van der Waals surface area contributed by atoms with Crippen LogP contribution in [-0.4, -0.2) is 40.8 Å². The maximum absolute atomic E-state index is 13.8. The van der Waals surface area contributed by atoms with Crippen LogP contribution in [0.4, 0.5) is 4.39 Å². The molecule has 1 heterocycles. The van der Waals surface area contributed by atoms with E-state index in [2.05, 4.69) is 30.8 Å². The normalized spacial score (nSPS) is 12.4. The predicted molar refractivity (Wildman–Crippen MR) is 111 cm³/mol. The smallest absolute Gasteiger partial charge is 0.191 e. The van der Waals surface area contributed by atoms with Gasteiger partial charge in [0.1, 0.15) is 12.4 Å². The van der Waals surface area contributed by atoms with E-state index in [9.17, 15) is 4.39 Å². The highest BCUT2D eigenvalue weighted by molar-refractivity contribution is 5.79. The number of aliphatic imine (C=N–C) groups is 1. The summed E-state index contributed by atoms with van der Waals surface area (Å²) >= 11 is 0. The molecular formula is C21H25FN6O. The fourth-order valence-electron chi connectivity index (χ4n) is 2.78. The van der Waals surface area contributed by atoms with Gasteiger partial charge in [-0.3, -0.25) is 10.1 Å². The number of guanidine groups is 1. The van der Waals surface area contributed by atoms with Crippen molar-refractivity contribution in [3.8, 4) is 17.1 Å². The Morgan fingerprint density at radius 1 is 1.21 bits per heavy atom. The number of hydrogen-bond acceptors (Lipinski definition) is 4. The van der Waals surface area contributed by atoms with Crippen molar-refractivity contribution in [2.24, 2.45) is 4.99 Å². The van der Waals surface area contributed by atoms with Crippen LogP contribution >= 0.6 is 0 Å². The van der Waals surface area contributed by atoms with Gasteiger partial charge in [0, 0.05) is 19.2 Å². The zero-order chi connectivity index (χ0) is 20.5. The highest BCUT2D eigenvalue weighted by Gasteiger charge is 2.12. The third-order valence-electron chi connectivity index (χ3n) is 4.38. The van der Waals surface area contributed by atoms with E-state index in [1.54, 1.807) is 25.2 Å². The fourth-order valence-corrected chi connectivity index (χ4v) is 2.78. The van der Waals surface area contributed by atoms with Gasteiger partial charge in [0.25, 0.3) is 0 Å². The molecule has 7 nitrogen and oxygen atoms in total. The Balaban J connectivity index is 1.53. The van der Waals surface area contributed by atoms with Gasteiger partial charge < -0.3 is 15.4 Å². The number of aromatic amines is 1. The number of hydrogen-bond donors (Lipinski definition) is 3. The molecule has 0 bridgehead atoms. The van der Waals surface area contributed by atoms with E-state index >= 15 is 0 Å². The molecule has 0 aliphatic heterocycles. The third-order valence-corrected chi connectivity index (χ3v) is 4.38. The number of rotatable bonds is 8. The van der Waals surface area contributed by atoms with Gasteiger partial charge in [0.15, 0.2) is 23.4 Å². The summed E-state index contributed by atoms with van der Waals surface area (Å²) in [4.78, 5) is 8.42. The first kappa shape index (κ1) is 20.3. The van der Waals surface area contributed by atoms with Crippen molar-refractivity contribution in [2.45, 2.75) is 26.0 Å². The van der Waals surface area contributed by atoms with Crippen LogP contribution in [-0.2, 0) is 6.54 Å². The number of nitrogens with zero attached hydrogens (tertiary/aromatic N) is 3. The Hall–Kier alpha value is -3.42. The van der Waals surface area contributed by atoms with E-state index in [-0.39, 0.29) is 17.7 Å². The van der Waals surface area contributed by atoms with Crippen LogP contribution in [0.15, 0.2) is 59.9 Å². The van der Waals surface area contributed by atoms with Gasteiger partial charge in [0.2, 0.25) is 0 Å². The Morgan fingerprint density at radius 3 is 2.79 bits per heavy atom. The molecule has 1 unspecified atom stereocenters. The van der Waals surface area contributed by atoms with Gasteiger partial charge in [-0.05, 0) is 30.2 Å². The van der Waals surface area contributed by atoms with Crippen LogP contribution in [0.2, 0.25) is 0 Å². The van der Waals surface area contributed by atoms with Crippen molar-refractivity contribution < 1.29 is 9.13 Å². The molecule has 152 valence electrons. The molecule has 0 amide bonds. The van der Waals surface area contributed by atoms with Gasteiger partial charge in [0.05, 0.1) is 6.54 Å². The number of aromatic nitrogens is 3. The molecule has 0 radical (unpaired) electrons.